The van der Waals surface area contributed by atoms with E-state index in [4.69, 9.17) is 0 Å². The molecule has 0 aliphatic rings. The lowest BCUT2D eigenvalue weighted by Gasteiger charge is -2.50. The molecule has 0 fully saturated rings. The van der Waals surface area contributed by atoms with Gasteiger partial charge in [0, 0.05) is 19.3 Å². The molecule has 0 rings (SSSR count). The average molecular weight is 457 g/mol. The zero-order chi connectivity index (χ0) is 24.6. The number of carboxylic acid groups (broad SMARTS) is 3. The van der Waals surface area contributed by atoms with Crippen LogP contribution in [0.4, 0.5) is 0 Å². The topological polar surface area (TPSA) is 112 Å². The molecule has 186 valence electrons. The maximum atomic E-state index is 12.4. The lowest BCUT2D eigenvalue weighted by molar-refractivity contribution is -0.973. The van der Waals surface area contributed by atoms with Crippen LogP contribution in [0, 0.1) is 0 Å². The molecule has 3 atom stereocenters. The van der Waals surface area contributed by atoms with Crippen LogP contribution in [0.3, 0.4) is 0 Å². The Morgan fingerprint density at radius 1 is 0.688 bits per heavy atom. The fourth-order valence-electron chi connectivity index (χ4n) is 4.99. The number of nitrogens with zero attached hydrogens (tertiary/aromatic N) is 1. The van der Waals surface area contributed by atoms with E-state index in [-0.39, 0.29) is 30.3 Å². The van der Waals surface area contributed by atoms with E-state index in [1.807, 2.05) is 33.8 Å². The molecule has 0 amide bonds. The summed E-state index contributed by atoms with van der Waals surface area (Å²) in [7, 11) is 0. The lowest BCUT2D eigenvalue weighted by Crippen LogP contribution is -2.72. The van der Waals surface area contributed by atoms with Crippen molar-refractivity contribution in [2.45, 2.75) is 123 Å². The van der Waals surface area contributed by atoms with Gasteiger partial charge < -0.3 is 15.3 Å². The van der Waals surface area contributed by atoms with Crippen LogP contribution in [-0.2, 0) is 14.4 Å². The Hall–Kier alpha value is -1.89. The summed E-state index contributed by atoms with van der Waals surface area (Å²) in [6, 6.07) is -3.14. The second-order valence-electron chi connectivity index (χ2n) is 8.77. The Balaban J connectivity index is 6.14. The van der Waals surface area contributed by atoms with Crippen molar-refractivity contribution in [3.63, 3.8) is 0 Å². The Bertz CT molecular complexity index is 529. The van der Waals surface area contributed by atoms with Gasteiger partial charge >= 0.3 is 17.9 Å². The summed E-state index contributed by atoms with van der Waals surface area (Å²) < 4.78 is -0.381. The highest BCUT2D eigenvalue weighted by molar-refractivity contribution is 5.78. The molecule has 0 aromatic rings. The second kappa shape index (κ2) is 16.7. The smallest absolute Gasteiger partial charge is 0.362 e. The Morgan fingerprint density at radius 3 is 1.41 bits per heavy atom. The van der Waals surface area contributed by atoms with Crippen molar-refractivity contribution in [1.82, 2.24) is 0 Å². The highest BCUT2D eigenvalue weighted by Gasteiger charge is 2.56. The molecule has 0 saturated carbocycles. The third kappa shape index (κ3) is 8.93. The van der Waals surface area contributed by atoms with Crippen molar-refractivity contribution >= 4 is 17.9 Å². The van der Waals surface area contributed by atoms with E-state index >= 15 is 0 Å². The maximum Gasteiger partial charge on any atom is 0.362 e. The number of quaternary nitrogens is 1. The molecule has 7 nitrogen and oxygen atoms in total. The Labute approximate surface area is 194 Å². The first-order valence-corrected chi connectivity index (χ1v) is 12.4. The second-order valence-corrected chi connectivity index (χ2v) is 8.77. The predicted molar refractivity (Wildman–Crippen MR) is 127 cm³/mol. The predicted octanol–water partition coefficient (Wildman–Crippen LogP) is 5.48. The number of carbonyl (C=O) groups is 3. The molecule has 0 aliphatic heterocycles. The normalized spacial score (nSPS) is 16.4. The quantitative estimate of drug-likeness (QED) is 0.127. The lowest BCUT2D eigenvalue weighted by atomic mass is 9.91. The molecule has 0 radical (unpaired) electrons. The largest absolute Gasteiger partial charge is 0.477 e. The van der Waals surface area contributed by atoms with Crippen molar-refractivity contribution in [3.05, 3.63) is 12.2 Å². The Morgan fingerprint density at radius 2 is 1.06 bits per heavy atom. The first kappa shape index (κ1) is 30.1. The van der Waals surface area contributed by atoms with Gasteiger partial charge in [-0.2, -0.15) is 0 Å². The van der Waals surface area contributed by atoms with Gasteiger partial charge in [-0.15, -0.1) is 0 Å². The molecule has 0 saturated heterocycles. The molecule has 3 unspecified atom stereocenters. The van der Waals surface area contributed by atoms with E-state index in [1.165, 1.54) is 0 Å². The molecule has 0 heterocycles. The van der Waals surface area contributed by atoms with Gasteiger partial charge in [-0.3, -0.25) is 4.48 Å². The highest BCUT2D eigenvalue weighted by atomic mass is 16.4. The standard InChI is InChI=1S/C25H45NO6/c1-5-9-10-11-12-13-14-15-19-26(20(16-6-2)23(27)28,21(17-7-3)24(29)30)22(18-8-4)25(31)32/h5,9,20-22H,6-8,10-19H2,1-4H3,(H2-,27,28,29,30,31,32)/p+1/b9-5+. The van der Waals surface area contributed by atoms with Crippen molar-refractivity contribution in [2.24, 2.45) is 0 Å². The van der Waals surface area contributed by atoms with Gasteiger partial charge in [-0.25, -0.2) is 14.4 Å². The van der Waals surface area contributed by atoms with E-state index < -0.39 is 36.0 Å². The monoisotopic (exact) mass is 456 g/mol. The summed E-state index contributed by atoms with van der Waals surface area (Å²) in [6.07, 6.45) is 12.2. The third-order valence-corrected chi connectivity index (χ3v) is 6.43. The van der Waals surface area contributed by atoms with Gasteiger partial charge in [0.1, 0.15) is 0 Å². The molecule has 3 N–H and O–H groups in total. The van der Waals surface area contributed by atoms with Crippen molar-refractivity contribution in [2.75, 3.05) is 6.54 Å². The minimum atomic E-state index is -1.09. The van der Waals surface area contributed by atoms with E-state index in [9.17, 15) is 29.7 Å². The molecule has 0 bridgehead atoms. The number of hydrogen-bond donors (Lipinski definition) is 3. The minimum absolute atomic E-state index is 0.264. The van der Waals surface area contributed by atoms with Crippen LogP contribution >= 0.6 is 0 Å². The fourth-order valence-corrected chi connectivity index (χ4v) is 4.99. The van der Waals surface area contributed by atoms with Crippen LogP contribution < -0.4 is 0 Å². The van der Waals surface area contributed by atoms with Gasteiger partial charge in [0.15, 0.2) is 18.1 Å². The molecule has 0 aliphatic carbocycles. The van der Waals surface area contributed by atoms with Crippen LogP contribution in [-0.4, -0.2) is 62.4 Å². The molecule has 0 aromatic heterocycles. The number of aliphatic carboxylic acids is 3. The van der Waals surface area contributed by atoms with E-state index in [0.717, 1.165) is 32.1 Å². The SMILES string of the molecule is C/C=C/CCCCCCC[N+](C(CCC)C(=O)O)(C(CCC)C(=O)O)C(CCC)C(=O)O. The molecular formula is C25H46NO6+. The molecule has 7 heteroatoms. The molecule has 0 aromatic carbocycles. The summed E-state index contributed by atoms with van der Waals surface area (Å²) in [6.45, 7) is 7.85. The van der Waals surface area contributed by atoms with Crippen LogP contribution in [0.2, 0.25) is 0 Å². The zero-order valence-electron chi connectivity index (χ0n) is 20.6. The van der Waals surface area contributed by atoms with Crippen molar-refractivity contribution < 1.29 is 34.2 Å². The van der Waals surface area contributed by atoms with E-state index in [1.54, 1.807) is 0 Å². The summed E-state index contributed by atoms with van der Waals surface area (Å²) in [5, 5.41) is 30.5. The van der Waals surface area contributed by atoms with E-state index in [0.29, 0.717) is 25.7 Å². The van der Waals surface area contributed by atoms with Gasteiger partial charge in [-0.1, -0.05) is 45.8 Å². The van der Waals surface area contributed by atoms with Crippen molar-refractivity contribution in [3.8, 4) is 0 Å². The number of rotatable bonds is 20. The molecular weight excluding hydrogens is 410 g/mol. The molecule has 32 heavy (non-hydrogen) atoms. The number of hydrogen-bond acceptors (Lipinski definition) is 3. The first-order valence-electron chi connectivity index (χ1n) is 12.4. The first-order chi connectivity index (χ1) is 15.2. The number of allylic oxidation sites excluding steroid dienone is 2. The molecule has 0 spiro atoms. The van der Waals surface area contributed by atoms with Crippen LogP contribution in [0.1, 0.15) is 105 Å². The summed E-state index contributed by atoms with van der Waals surface area (Å²) in [4.78, 5) is 37.3. The van der Waals surface area contributed by atoms with E-state index in [2.05, 4.69) is 6.08 Å². The van der Waals surface area contributed by atoms with Gasteiger partial charge in [-0.05, 0) is 51.9 Å². The summed E-state index contributed by atoms with van der Waals surface area (Å²) >= 11 is 0. The third-order valence-electron chi connectivity index (χ3n) is 6.43. The highest BCUT2D eigenvalue weighted by Crippen LogP contribution is 2.34. The summed E-state index contributed by atoms with van der Waals surface area (Å²) in [5.41, 5.74) is 0. The van der Waals surface area contributed by atoms with Gasteiger partial charge in [0.05, 0.1) is 6.54 Å². The maximum absolute atomic E-state index is 12.4. The number of unbranched alkanes of at least 4 members (excludes halogenated alkanes) is 5. The van der Waals surface area contributed by atoms with Crippen LogP contribution in [0.5, 0.6) is 0 Å². The van der Waals surface area contributed by atoms with Gasteiger partial charge in [0.2, 0.25) is 0 Å². The van der Waals surface area contributed by atoms with Crippen LogP contribution in [0.15, 0.2) is 12.2 Å². The average Bonchev–Trinajstić information content (AvgIpc) is 2.73. The zero-order valence-corrected chi connectivity index (χ0v) is 20.6. The Kier molecular flexibility index (Phi) is 15.7. The summed E-state index contributed by atoms with van der Waals surface area (Å²) in [5.74, 6) is -3.28. The van der Waals surface area contributed by atoms with Crippen molar-refractivity contribution in [1.29, 1.82) is 0 Å². The number of carboxylic acids is 3. The fraction of sp³-hybridized carbons (Fsp3) is 0.800. The minimum Gasteiger partial charge on any atom is -0.477 e. The van der Waals surface area contributed by atoms with Crippen LogP contribution in [0.25, 0.3) is 0 Å². The van der Waals surface area contributed by atoms with Gasteiger partial charge in [0.25, 0.3) is 0 Å².